The van der Waals surface area contributed by atoms with E-state index in [4.69, 9.17) is 9.47 Å². The molecule has 1 amide bonds. The van der Waals surface area contributed by atoms with Crippen molar-refractivity contribution in [2.45, 2.75) is 58.4 Å². The van der Waals surface area contributed by atoms with Crippen LogP contribution in [0.5, 0.6) is 11.5 Å². The number of carbonyl (C=O) groups excluding carboxylic acids is 1. The summed E-state index contributed by atoms with van der Waals surface area (Å²) in [4.78, 5) is 17.8. The van der Waals surface area contributed by atoms with Crippen molar-refractivity contribution in [2.24, 2.45) is 11.8 Å². The van der Waals surface area contributed by atoms with Gasteiger partial charge in [-0.2, -0.15) is 0 Å². The second kappa shape index (κ2) is 8.73. The Hall–Kier alpha value is -1.75. The molecule has 4 rings (SSSR count). The van der Waals surface area contributed by atoms with Gasteiger partial charge in [-0.15, -0.1) is 0 Å². The highest BCUT2D eigenvalue weighted by Crippen LogP contribution is 2.34. The van der Waals surface area contributed by atoms with E-state index in [1.54, 1.807) is 0 Å². The average molecular weight is 387 g/mol. The fourth-order valence-electron chi connectivity index (χ4n) is 4.92. The molecule has 2 saturated heterocycles. The third-order valence-corrected chi connectivity index (χ3v) is 6.56. The van der Waals surface area contributed by atoms with E-state index in [1.165, 1.54) is 25.9 Å². The van der Waals surface area contributed by atoms with Crippen LogP contribution in [0.1, 0.15) is 51.5 Å². The summed E-state index contributed by atoms with van der Waals surface area (Å²) in [6.45, 7) is 9.35. The Morgan fingerprint density at radius 3 is 2.89 bits per heavy atom. The smallest absolute Gasteiger partial charge is 0.231 e. The number of rotatable bonds is 6. The Kier molecular flexibility index (Phi) is 6.10. The molecule has 3 heterocycles. The van der Waals surface area contributed by atoms with Crippen LogP contribution in [0.2, 0.25) is 0 Å². The molecule has 1 aromatic carbocycles. The van der Waals surface area contributed by atoms with Gasteiger partial charge in [0.1, 0.15) is 0 Å². The van der Waals surface area contributed by atoms with E-state index in [0.29, 0.717) is 31.1 Å². The molecule has 2 atom stereocenters. The standard InChI is InChI=1S/C23H34N2O3/c1-17(2)9-12-24-13-10-20-19(15-24)4-3-11-25(20)23(26)8-6-18-5-7-21-22(14-18)28-16-27-21/h5,7,14,17,19-20H,3-4,6,8-13,15-16H2,1-2H3/t19-,20-/m1/s1. The molecule has 0 aromatic heterocycles. The second-order valence-corrected chi connectivity index (χ2v) is 9.02. The van der Waals surface area contributed by atoms with Gasteiger partial charge in [0.25, 0.3) is 0 Å². The minimum absolute atomic E-state index is 0.294. The zero-order valence-electron chi connectivity index (χ0n) is 17.4. The van der Waals surface area contributed by atoms with E-state index in [9.17, 15) is 4.79 Å². The largest absolute Gasteiger partial charge is 0.454 e. The monoisotopic (exact) mass is 386 g/mol. The van der Waals surface area contributed by atoms with Crippen molar-refractivity contribution in [3.05, 3.63) is 23.8 Å². The van der Waals surface area contributed by atoms with Gasteiger partial charge in [-0.1, -0.05) is 19.9 Å². The van der Waals surface area contributed by atoms with Gasteiger partial charge >= 0.3 is 0 Å². The normalized spacial score (nSPS) is 24.5. The SMILES string of the molecule is CC(C)CCN1CC[C@@H]2[C@H](CCCN2C(=O)CCc2ccc3c(c2)OCO3)C1. The third-order valence-electron chi connectivity index (χ3n) is 6.56. The first-order valence-corrected chi connectivity index (χ1v) is 11.0. The van der Waals surface area contributed by atoms with Crippen molar-refractivity contribution < 1.29 is 14.3 Å². The maximum atomic E-state index is 13.0. The first kappa shape index (κ1) is 19.6. The summed E-state index contributed by atoms with van der Waals surface area (Å²) in [5.74, 6) is 3.35. The maximum Gasteiger partial charge on any atom is 0.231 e. The molecule has 2 fully saturated rings. The van der Waals surface area contributed by atoms with Gasteiger partial charge in [0.15, 0.2) is 11.5 Å². The van der Waals surface area contributed by atoms with Gasteiger partial charge in [-0.25, -0.2) is 0 Å². The van der Waals surface area contributed by atoms with Crippen LogP contribution in [0.25, 0.3) is 0 Å². The van der Waals surface area contributed by atoms with Crippen LogP contribution >= 0.6 is 0 Å². The van der Waals surface area contributed by atoms with Gasteiger partial charge in [0.2, 0.25) is 12.7 Å². The Morgan fingerprint density at radius 1 is 1.18 bits per heavy atom. The van der Waals surface area contributed by atoms with Gasteiger partial charge in [0, 0.05) is 32.1 Å². The molecule has 0 spiro atoms. The van der Waals surface area contributed by atoms with Crippen LogP contribution in [-0.4, -0.2) is 54.7 Å². The number of nitrogens with zero attached hydrogens (tertiary/aromatic N) is 2. The van der Waals surface area contributed by atoms with Gasteiger partial charge in [0.05, 0.1) is 0 Å². The van der Waals surface area contributed by atoms with Crippen molar-refractivity contribution in [1.29, 1.82) is 0 Å². The number of fused-ring (bicyclic) bond motifs is 2. The summed E-state index contributed by atoms with van der Waals surface area (Å²) < 4.78 is 10.8. The Labute approximate surface area is 169 Å². The lowest BCUT2D eigenvalue weighted by Gasteiger charge is -2.47. The van der Waals surface area contributed by atoms with Crippen molar-refractivity contribution >= 4 is 5.91 Å². The van der Waals surface area contributed by atoms with E-state index in [0.717, 1.165) is 55.3 Å². The van der Waals surface area contributed by atoms with Crippen LogP contribution in [0, 0.1) is 11.8 Å². The lowest BCUT2D eigenvalue weighted by Crippen LogP contribution is -2.55. The second-order valence-electron chi connectivity index (χ2n) is 9.02. The first-order chi connectivity index (χ1) is 13.6. The summed E-state index contributed by atoms with van der Waals surface area (Å²) in [7, 11) is 0. The molecule has 28 heavy (non-hydrogen) atoms. The van der Waals surface area contributed by atoms with E-state index in [1.807, 2.05) is 18.2 Å². The van der Waals surface area contributed by atoms with Crippen molar-refractivity contribution in [2.75, 3.05) is 33.0 Å². The Morgan fingerprint density at radius 2 is 2.04 bits per heavy atom. The molecule has 3 aliphatic heterocycles. The van der Waals surface area contributed by atoms with Crippen molar-refractivity contribution in [3.63, 3.8) is 0 Å². The van der Waals surface area contributed by atoms with Crippen LogP contribution in [-0.2, 0) is 11.2 Å². The highest BCUT2D eigenvalue weighted by atomic mass is 16.7. The number of benzene rings is 1. The summed E-state index contributed by atoms with van der Waals surface area (Å²) in [5, 5.41) is 0. The summed E-state index contributed by atoms with van der Waals surface area (Å²) in [6, 6.07) is 6.47. The predicted octanol–water partition coefficient (Wildman–Crippen LogP) is 3.71. The number of aryl methyl sites for hydroxylation is 1. The van der Waals surface area contributed by atoms with Crippen molar-refractivity contribution in [3.8, 4) is 11.5 Å². The van der Waals surface area contributed by atoms with Crippen LogP contribution in [0.15, 0.2) is 18.2 Å². The molecule has 0 saturated carbocycles. The van der Waals surface area contributed by atoms with E-state index >= 15 is 0 Å². The molecule has 0 N–H and O–H groups in total. The maximum absolute atomic E-state index is 13.0. The minimum Gasteiger partial charge on any atom is -0.454 e. The molecular formula is C23H34N2O3. The summed E-state index contributed by atoms with van der Waals surface area (Å²) >= 11 is 0. The molecular weight excluding hydrogens is 352 g/mol. The molecule has 0 bridgehead atoms. The molecule has 5 nitrogen and oxygen atoms in total. The molecule has 3 aliphatic rings. The molecule has 154 valence electrons. The number of hydrogen-bond acceptors (Lipinski definition) is 4. The Bertz CT molecular complexity index is 690. The van der Waals surface area contributed by atoms with E-state index in [-0.39, 0.29) is 0 Å². The topological polar surface area (TPSA) is 42.0 Å². The molecule has 0 radical (unpaired) electrons. The van der Waals surface area contributed by atoms with Gasteiger partial charge in [-0.3, -0.25) is 4.79 Å². The Balaban J connectivity index is 1.30. The number of carbonyl (C=O) groups is 1. The molecule has 1 aromatic rings. The lowest BCUT2D eigenvalue weighted by atomic mass is 9.83. The number of piperidine rings is 2. The number of hydrogen-bond donors (Lipinski definition) is 0. The average Bonchev–Trinajstić information content (AvgIpc) is 3.17. The zero-order chi connectivity index (χ0) is 19.5. The highest BCUT2D eigenvalue weighted by molar-refractivity contribution is 5.77. The predicted molar refractivity (Wildman–Crippen MR) is 110 cm³/mol. The minimum atomic E-state index is 0.294. The quantitative estimate of drug-likeness (QED) is 0.747. The fourth-order valence-corrected chi connectivity index (χ4v) is 4.92. The molecule has 0 aliphatic carbocycles. The van der Waals surface area contributed by atoms with Gasteiger partial charge in [-0.05, 0) is 68.2 Å². The lowest BCUT2D eigenvalue weighted by molar-refractivity contribution is -0.138. The first-order valence-electron chi connectivity index (χ1n) is 11.0. The highest BCUT2D eigenvalue weighted by Gasteiger charge is 2.37. The van der Waals surface area contributed by atoms with E-state index in [2.05, 4.69) is 23.6 Å². The van der Waals surface area contributed by atoms with Crippen LogP contribution in [0.4, 0.5) is 0 Å². The van der Waals surface area contributed by atoms with Crippen LogP contribution < -0.4 is 9.47 Å². The van der Waals surface area contributed by atoms with Crippen LogP contribution in [0.3, 0.4) is 0 Å². The number of amides is 1. The molecule has 0 unspecified atom stereocenters. The third kappa shape index (κ3) is 4.45. The van der Waals surface area contributed by atoms with Crippen molar-refractivity contribution in [1.82, 2.24) is 9.80 Å². The van der Waals surface area contributed by atoms with E-state index < -0.39 is 0 Å². The fraction of sp³-hybridized carbons (Fsp3) is 0.696. The molecule has 5 heteroatoms. The number of likely N-dealkylation sites (tertiary alicyclic amines) is 2. The summed E-state index contributed by atoms with van der Waals surface area (Å²) in [6.07, 6.45) is 6.18. The van der Waals surface area contributed by atoms with Gasteiger partial charge < -0.3 is 19.3 Å². The zero-order valence-corrected chi connectivity index (χ0v) is 17.4. The number of ether oxygens (including phenoxy) is 2. The summed E-state index contributed by atoms with van der Waals surface area (Å²) in [5.41, 5.74) is 1.15.